The number of rotatable bonds is 4. The molecule has 26 heavy (non-hydrogen) atoms. The Morgan fingerprint density at radius 1 is 1.23 bits per heavy atom. The first-order chi connectivity index (χ1) is 12.7. The highest BCUT2D eigenvalue weighted by atomic mass is 32.2. The van der Waals surface area contributed by atoms with Crippen LogP contribution in [0.2, 0.25) is 0 Å². The first kappa shape index (κ1) is 17.0. The Balaban J connectivity index is 1.67. The number of thiocarbonyl (C=S) groups is 1. The van der Waals surface area contributed by atoms with E-state index in [4.69, 9.17) is 12.2 Å². The lowest BCUT2D eigenvalue weighted by atomic mass is 10.1. The summed E-state index contributed by atoms with van der Waals surface area (Å²) in [4.78, 5) is 19.3. The number of nitrogens with zero attached hydrogens (tertiary/aromatic N) is 3. The summed E-state index contributed by atoms with van der Waals surface area (Å²) in [7, 11) is 0. The van der Waals surface area contributed by atoms with Crippen LogP contribution in [0.1, 0.15) is 18.1 Å². The summed E-state index contributed by atoms with van der Waals surface area (Å²) in [6.07, 6.45) is 7.53. The van der Waals surface area contributed by atoms with Crippen LogP contribution in [0.25, 0.3) is 17.0 Å². The fourth-order valence-corrected chi connectivity index (χ4v) is 4.35. The van der Waals surface area contributed by atoms with Gasteiger partial charge in [-0.15, -0.1) is 0 Å². The van der Waals surface area contributed by atoms with Gasteiger partial charge in [0.2, 0.25) is 0 Å². The van der Waals surface area contributed by atoms with Crippen LogP contribution in [0, 0.1) is 0 Å². The predicted octanol–water partition coefficient (Wildman–Crippen LogP) is 4.46. The van der Waals surface area contributed by atoms with Crippen molar-refractivity contribution in [1.82, 2.24) is 14.5 Å². The normalized spacial score (nSPS) is 16.2. The van der Waals surface area contributed by atoms with E-state index in [0.29, 0.717) is 15.8 Å². The van der Waals surface area contributed by atoms with Gasteiger partial charge in [-0.2, -0.15) is 0 Å². The van der Waals surface area contributed by atoms with Crippen LogP contribution in [-0.4, -0.2) is 24.7 Å². The number of amides is 1. The smallest absolute Gasteiger partial charge is 0.266 e. The molecule has 1 aliphatic heterocycles. The number of benzene rings is 1. The molecule has 1 fully saturated rings. The molecule has 6 heteroatoms. The Bertz CT molecular complexity index is 1020. The van der Waals surface area contributed by atoms with Gasteiger partial charge in [-0.1, -0.05) is 48.2 Å². The molecule has 1 aliphatic rings. The average molecular weight is 380 g/mol. The maximum atomic E-state index is 12.9. The van der Waals surface area contributed by atoms with Crippen molar-refractivity contribution in [2.75, 3.05) is 0 Å². The van der Waals surface area contributed by atoms with Gasteiger partial charge in [-0.3, -0.25) is 14.7 Å². The summed E-state index contributed by atoms with van der Waals surface area (Å²) in [5, 5.41) is 1.15. The Hall–Kier alpha value is -2.44. The molecule has 0 N–H and O–H groups in total. The minimum atomic E-state index is -0.0443. The minimum Gasteiger partial charge on any atom is -0.347 e. The lowest BCUT2D eigenvalue weighted by Crippen LogP contribution is -2.27. The van der Waals surface area contributed by atoms with Crippen LogP contribution in [0.5, 0.6) is 0 Å². The summed E-state index contributed by atoms with van der Waals surface area (Å²) >= 11 is 6.80. The number of para-hydroxylation sites is 1. The van der Waals surface area contributed by atoms with Crippen molar-refractivity contribution in [2.45, 2.75) is 20.0 Å². The van der Waals surface area contributed by atoms with E-state index in [0.717, 1.165) is 23.1 Å². The molecular weight excluding hydrogens is 362 g/mol. The number of thioether (sulfide) groups is 1. The van der Waals surface area contributed by atoms with Crippen LogP contribution >= 0.6 is 24.0 Å². The van der Waals surface area contributed by atoms with Crippen LogP contribution in [-0.2, 0) is 17.9 Å². The van der Waals surface area contributed by atoms with E-state index in [1.807, 2.05) is 30.3 Å². The fraction of sp³-hybridized carbons (Fsp3) is 0.150. The van der Waals surface area contributed by atoms with Gasteiger partial charge in [0.25, 0.3) is 5.91 Å². The van der Waals surface area contributed by atoms with Crippen LogP contribution < -0.4 is 0 Å². The van der Waals surface area contributed by atoms with Gasteiger partial charge in [0, 0.05) is 41.6 Å². The van der Waals surface area contributed by atoms with E-state index >= 15 is 0 Å². The highest BCUT2D eigenvalue weighted by Gasteiger charge is 2.32. The number of carbonyl (C=O) groups excluding carboxylic acids is 1. The number of aromatic nitrogens is 2. The second-order valence-electron chi connectivity index (χ2n) is 6.02. The van der Waals surface area contributed by atoms with Crippen LogP contribution in [0.4, 0.5) is 0 Å². The highest BCUT2D eigenvalue weighted by molar-refractivity contribution is 8.26. The van der Waals surface area contributed by atoms with Gasteiger partial charge in [0.05, 0.1) is 11.4 Å². The van der Waals surface area contributed by atoms with E-state index in [1.165, 1.54) is 17.3 Å². The molecule has 3 heterocycles. The Morgan fingerprint density at radius 2 is 2.08 bits per heavy atom. The van der Waals surface area contributed by atoms with Crippen molar-refractivity contribution in [1.29, 1.82) is 0 Å². The lowest BCUT2D eigenvalue weighted by Gasteiger charge is -2.13. The number of hydrogen-bond acceptors (Lipinski definition) is 4. The van der Waals surface area contributed by atoms with Crippen molar-refractivity contribution < 1.29 is 4.79 Å². The Labute approximate surface area is 161 Å². The molecular formula is C20H17N3OS2. The van der Waals surface area contributed by atoms with Gasteiger partial charge in [0.1, 0.15) is 4.32 Å². The van der Waals surface area contributed by atoms with E-state index < -0.39 is 0 Å². The van der Waals surface area contributed by atoms with Crippen molar-refractivity contribution in [3.05, 3.63) is 71.0 Å². The van der Waals surface area contributed by atoms with Crippen LogP contribution in [0.3, 0.4) is 0 Å². The molecule has 0 spiro atoms. The topological polar surface area (TPSA) is 38.1 Å². The quantitative estimate of drug-likeness (QED) is 0.496. The van der Waals surface area contributed by atoms with Gasteiger partial charge in [-0.25, -0.2) is 0 Å². The number of aryl methyl sites for hydroxylation is 1. The highest BCUT2D eigenvalue weighted by Crippen LogP contribution is 2.35. The van der Waals surface area contributed by atoms with Gasteiger partial charge >= 0.3 is 0 Å². The maximum absolute atomic E-state index is 12.9. The monoisotopic (exact) mass is 379 g/mol. The van der Waals surface area contributed by atoms with Crippen LogP contribution in [0.15, 0.2) is 59.9 Å². The summed E-state index contributed by atoms with van der Waals surface area (Å²) in [6.45, 7) is 3.45. The van der Waals surface area contributed by atoms with Gasteiger partial charge in [-0.05, 0) is 30.7 Å². The standard InChI is InChI=1S/C20H17N3OS2/c1-2-22-13-15(16-7-3-4-8-17(16)22)10-18-19(24)23(20(25)26-18)12-14-6-5-9-21-11-14/h3-11,13H,2,12H2,1H3/b18-10-. The zero-order valence-corrected chi connectivity index (χ0v) is 15.9. The van der Waals surface area contributed by atoms with Gasteiger partial charge in [0.15, 0.2) is 0 Å². The zero-order chi connectivity index (χ0) is 18.1. The summed E-state index contributed by atoms with van der Waals surface area (Å²) in [5.41, 5.74) is 3.18. The SMILES string of the molecule is CCn1cc(/C=C2\SC(=S)N(Cc3cccnc3)C2=O)c2ccccc21. The third kappa shape index (κ3) is 3.06. The summed E-state index contributed by atoms with van der Waals surface area (Å²) in [6, 6.07) is 12.1. The van der Waals surface area contributed by atoms with Gasteiger partial charge < -0.3 is 4.57 Å². The molecule has 130 valence electrons. The molecule has 0 aliphatic carbocycles. The van der Waals surface area contributed by atoms with E-state index in [9.17, 15) is 4.79 Å². The average Bonchev–Trinajstić information content (AvgIpc) is 3.15. The maximum Gasteiger partial charge on any atom is 0.266 e. The third-order valence-electron chi connectivity index (χ3n) is 4.38. The second-order valence-corrected chi connectivity index (χ2v) is 7.69. The molecule has 1 saturated heterocycles. The first-order valence-corrected chi connectivity index (χ1v) is 9.62. The molecule has 0 saturated carbocycles. The molecule has 4 nitrogen and oxygen atoms in total. The molecule has 3 aromatic rings. The minimum absolute atomic E-state index is 0.0443. The molecule has 2 aromatic heterocycles. The van der Waals surface area contributed by atoms with Crippen molar-refractivity contribution in [2.24, 2.45) is 0 Å². The molecule has 4 rings (SSSR count). The zero-order valence-electron chi connectivity index (χ0n) is 14.3. The lowest BCUT2D eigenvalue weighted by molar-refractivity contribution is -0.122. The fourth-order valence-electron chi connectivity index (χ4n) is 3.10. The number of carbonyl (C=O) groups is 1. The summed E-state index contributed by atoms with van der Waals surface area (Å²) < 4.78 is 2.78. The predicted molar refractivity (Wildman–Crippen MR) is 111 cm³/mol. The number of pyridine rings is 1. The molecule has 0 atom stereocenters. The third-order valence-corrected chi connectivity index (χ3v) is 5.76. The Kier molecular flexibility index (Phi) is 4.61. The van der Waals surface area contributed by atoms with Crippen molar-refractivity contribution in [3.8, 4) is 0 Å². The number of hydrogen-bond donors (Lipinski definition) is 0. The molecule has 0 bridgehead atoms. The second kappa shape index (κ2) is 7.05. The molecule has 1 amide bonds. The molecule has 1 aromatic carbocycles. The molecule has 0 unspecified atom stereocenters. The van der Waals surface area contributed by atoms with E-state index in [1.54, 1.807) is 17.3 Å². The number of fused-ring (bicyclic) bond motifs is 1. The summed E-state index contributed by atoms with van der Waals surface area (Å²) in [5.74, 6) is -0.0443. The van der Waals surface area contributed by atoms with E-state index in [2.05, 4.69) is 34.8 Å². The first-order valence-electron chi connectivity index (χ1n) is 8.39. The largest absolute Gasteiger partial charge is 0.347 e. The van der Waals surface area contributed by atoms with Crippen molar-refractivity contribution >= 4 is 51.2 Å². The Morgan fingerprint density at radius 3 is 2.85 bits per heavy atom. The molecule has 0 radical (unpaired) electrons. The van der Waals surface area contributed by atoms with E-state index in [-0.39, 0.29) is 5.91 Å². The van der Waals surface area contributed by atoms with Crippen molar-refractivity contribution in [3.63, 3.8) is 0 Å².